The Morgan fingerprint density at radius 1 is 1.23 bits per heavy atom. The number of nitrogens with zero attached hydrogens (tertiary/aromatic N) is 2. The van der Waals surface area contributed by atoms with Crippen LogP contribution in [0.1, 0.15) is 41.0 Å². The van der Waals surface area contributed by atoms with Crippen molar-refractivity contribution in [3.05, 3.63) is 59.1 Å². The van der Waals surface area contributed by atoms with Gasteiger partial charge in [-0.15, -0.1) is 11.3 Å². The fraction of sp³-hybridized carbons (Fsp3) is 0.333. The van der Waals surface area contributed by atoms with E-state index in [1.165, 1.54) is 4.70 Å². The maximum atomic E-state index is 13.1. The number of rotatable bonds is 4. The number of amides is 1. The van der Waals surface area contributed by atoms with Crippen LogP contribution in [0.25, 0.3) is 10.2 Å². The molecular weight excluding hydrogens is 344 g/mol. The first kappa shape index (κ1) is 17.0. The maximum absolute atomic E-state index is 13.1. The minimum Gasteiger partial charge on any atom is -0.493 e. The fourth-order valence-corrected chi connectivity index (χ4v) is 4.62. The lowest BCUT2D eigenvalue weighted by Crippen LogP contribution is -2.39. The van der Waals surface area contributed by atoms with Crippen molar-refractivity contribution in [2.45, 2.75) is 25.7 Å². The van der Waals surface area contributed by atoms with Crippen molar-refractivity contribution in [2.24, 2.45) is 0 Å². The van der Waals surface area contributed by atoms with Gasteiger partial charge in [0.05, 0.1) is 27.4 Å². The summed E-state index contributed by atoms with van der Waals surface area (Å²) < 4.78 is 6.86. The largest absolute Gasteiger partial charge is 0.493 e. The number of fused-ring (bicyclic) bond motifs is 1. The summed E-state index contributed by atoms with van der Waals surface area (Å²) in [7, 11) is 0. The van der Waals surface area contributed by atoms with Crippen LogP contribution in [0.4, 0.5) is 0 Å². The molecule has 1 aliphatic rings. The van der Waals surface area contributed by atoms with Gasteiger partial charge in [-0.25, -0.2) is 4.98 Å². The Hall–Kier alpha value is -2.40. The van der Waals surface area contributed by atoms with Gasteiger partial charge in [0.15, 0.2) is 0 Å². The summed E-state index contributed by atoms with van der Waals surface area (Å²) in [5, 5.41) is 1.14. The number of ether oxygens (including phenoxy) is 1. The van der Waals surface area contributed by atoms with Gasteiger partial charge in [-0.2, -0.15) is 0 Å². The van der Waals surface area contributed by atoms with Gasteiger partial charge in [-0.3, -0.25) is 4.79 Å². The van der Waals surface area contributed by atoms with Crippen LogP contribution in [-0.4, -0.2) is 35.5 Å². The Balaban J connectivity index is 1.56. The zero-order valence-corrected chi connectivity index (χ0v) is 15.7. The van der Waals surface area contributed by atoms with Gasteiger partial charge < -0.3 is 9.64 Å². The number of hydrogen-bond acceptors (Lipinski definition) is 4. The molecule has 0 spiro atoms. The minimum atomic E-state index is 0.0554. The average molecular weight is 366 g/mol. The number of hydrogen-bond donors (Lipinski definition) is 0. The van der Waals surface area contributed by atoms with Crippen LogP contribution < -0.4 is 4.74 Å². The van der Waals surface area contributed by atoms with Gasteiger partial charge in [0.25, 0.3) is 5.91 Å². The molecule has 26 heavy (non-hydrogen) atoms. The molecule has 1 fully saturated rings. The molecule has 134 valence electrons. The smallest absolute Gasteiger partial charge is 0.257 e. The van der Waals surface area contributed by atoms with Crippen LogP contribution in [0, 0.1) is 0 Å². The molecule has 1 atom stereocenters. The van der Waals surface area contributed by atoms with E-state index < -0.39 is 0 Å². The van der Waals surface area contributed by atoms with E-state index in [9.17, 15) is 4.79 Å². The molecule has 2 heterocycles. The van der Waals surface area contributed by atoms with Crippen LogP contribution in [-0.2, 0) is 0 Å². The van der Waals surface area contributed by atoms with Crippen molar-refractivity contribution in [1.82, 2.24) is 9.88 Å². The highest BCUT2D eigenvalue weighted by molar-refractivity contribution is 7.18. The van der Waals surface area contributed by atoms with E-state index >= 15 is 0 Å². The quantitative estimate of drug-likeness (QED) is 0.671. The number of piperidine rings is 1. The number of para-hydroxylation sites is 2. The summed E-state index contributed by atoms with van der Waals surface area (Å²) in [4.78, 5) is 19.8. The van der Waals surface area contributed by atoms with Gasteiger partial charge in [0.2, 0.25) is 0 Å². The molecule has 4 rings (SSSR count). The maximum Gasteiger partial charge on any atom is 0.257 e. The molecule has 0 saturated carbocycles. The first-order valence-electron chi connectivity index (χ1n) is 9.13. The van der Waals surface area contributed by atoms with E-state index in [1.807, 2.05) is 48.2 Å². The molecule has 1 saturated heterocycles. The third-order valence-corrected chi connectivity index (χ3v) is 5.98. The SMILES string of the molecule is CCOc1ccccc1C(=O)N1CCC[C@@H](c2nc3ccccc3s2)C1. The van der Waals surface area contributed by atoms with Gasteiger partial charge in [-0.1, -0.05) is 24.3 Å². The summed E-state index contributed by atoms with van der Waals surface area (Å²) in [6, 6.07) is 15.8. The second-order valence-electron chi connectivity index (χ2n) is 6.54. The predicted octanol–water partition coefficient (Wildman–Crippen LogP) is 4.71. The first-order valence-corrected chi connectivity index (χ1v) is 9.94. The molecule has 4 nitrogen and oxygen atoms in total. The van der Waals surface area contributed by atoms with Gasteiger partial charge in [0, 0.05) is 19.0 Å². The van der Waals surface area contributed by atoms with Gasteiger partial charge in [-0.05, 0) is 44.0 Å². The molecule has 2 aromatic carbocycles. The van der Waals surface area contributed by atoms with E-state index in [0.29, 0.717) is 23.8 Å². The Bertz CT molecular complexity index is 888. The third kappa shape index (κ3) is 3.31. The summed E-state index contributed by atoms with van der Waals surface area (Å²) in [6.07, 6.45) is 2.08. The average Bonchev–Trinajstić information content (AvgIpc) is 3.13. The first-order chi connectivity index (χ1) is 12.8. The molecule has 0 N–H and O–H groups in total. The Morgan fingerprint density at radius 2 is 2.04 bits per heavy atom. The molecule has 1 amide bonds. The van der Waals surface area contributed by atoms with Crippen molar-refractivity contribution in [3.8, 4) is 5.75 Å². The van der Waals surface area contributed by atoms with E-state index in [-0.39, 0.29) is 5.91 Å². The monoisotopic (exact) mass is 366 g/mol. The molecule has 5 heteroatoms. The van der Waals surface area contributed by atoms with Crippen LogP contribution >= 0.6 is 11.3 Å². The lowest BCUT2D eigenvalue weighted by Gasteiger charge is -2.32. The topological polar surface area (TPSA) is 42.4 Å². The van der Waals surface area contributed by atoms with Crippen molar-refractivity contribution in [2.75, 3.05) is 19.7 Å². The molecular formula is C21H22N2O2S. The lowest BCUT2D eigenvalue weighted by molar-refractivity contribution is 0.0703. The zero-order valence-electron chi connectivity index (χ0n) is 14.9. The highest BCUT2D eigenvalue weighted by Crippen LogP contribution is 2.34. The second kappa shape index (κ2) is 7.46. The van der Waals surface area contributed by atoms with Gasteiger partial charge >= 0.3 is 0 Å². The van der Waals surface area contributed by atoms with Crippen LogP contribution in [0.5, 0.6) is 5.75 Å². The molecule has 0 unspecified atom stereocenters. The van der Waals surface area contributed by atoms with Crippen LogP contribution in [0.3, 0.4) is 0 Å². The molecule has 1 aliphatic heterocycles. The lowest BCUT2D eigenvalue weighted by atomic mass is 9.98. The van der Waals surface area contributed by atoms with E-state index in [0.717, 1.165) is 36.5 Å². The van der Waals surface area contributed by atoms with Crippen LogP contribution in [0.15, 0.2) is 48.5 Å². The van der Waals surface area contributed by atoms with E-state index in [2.05, 4.69) is 12.1 Å². The normalized spacial score (nSPS) is 17.4. The predicted molar refractivity (Wildman–Crippen MR) is 105 cm³/mol. The van der Waals surface area contributed by atoms with Gasteiger partial charge in [0.1, 0.15) is 5.75 Å². The summed E-state index contributed by atoms with van der Waals surface area (Å²) >= 11 is 1.75. The number of likely N-dealkylation sites (tertiary alicyclic amines) is 1. The summed E-state index contributed by atoms with van der Waals surface area (Å²) in [6.45, 7) is 4.00. The van der Waals surface area contributed by atoms with Crippen molar-refractivity contribution in [3.63, 3.8) is 0 Å². The Morgan fingerprint density at radius 3 is 2.88 bits per heavy atom. The number of benzene rings is 2. The number of carbonyl (C=O) groups excluding carboxylic acids is 1. The fourth-order valence-electron chi connectivity index (χ4n) is 3.52. The molecule has 0 radical (unpaired) electrons. The molecule has 3 aromatic rings. The highest BCUT2D eigenvalue weighted by Gasteiger charge is 2.28. The van der Waals surface area contributed by atoms with Crippen LogP contribution in [0.2, 0.25) is 0 Å². The number of carbonyl (C=O) groups is 1. The van der Waals surface area contributed by atoms with Crippen molar-refractivity contribution < 1.29 is 9.53 Å². The van der Waals surface area contributed by atoms with Crippen molar-refractivity contribution >= 4 is 27.5 Å². The minimum absolute atomic E-state index is 0.0554. The Labute approximate surface area is 157 Å². The van der Waals surface area contributed by atoms with Crippen molar-refractivity contribution in [1.29, 1.82) is 0 Å². The third-order valence-electron chi connectivity index (χ3n) is 4.79. The Kier molecular flexibility index (Phi) is 4.89. The zero-order chi connectivity index (χ0) is 17.9. The summed E-state index contributed by atoms with van der Waals surface area (Å²) in [5.41, 5.74) is 1.71. The highest BCUT2D eigenvalue weighted by atomic mass is 32.1. The molecule has 1 aromatic heterocycles. The standard InChI is InChI=1S/C21H22N2O2S/c1-2-25-18-11-5-3-9-16(18)21(24)23-13-7-8-15(14-23)20-22-17-10-4-6-12-19(17)26-20/h3-6,9-12,15H,2,7-8,13-14H2,1H3/t15-/m1/s1. The second-order valence-corrected chi connectivity index (χ2v) is 7.60. The molecule has 0 aliphatic carbocycles. The van der Waals surface area contributed by atoms with E-state index in [1.54, 1.807) is 11.3 Å². The van der Waals surface area contributed by atoms with E-state index in [4.69, 9.17) is 9.72 Å². The molecule has 0 bridgehead atoms. The summed E-state index contributed by atoms with van der Waals surface area (Å²) in [5.74, 6) is 1.03. The number of aromatic nitrogens is 1. The number of thiazole rings is 1.